The first kappa shape index (κ1) is 15.9. The van der Waals surface area contributed by atoms with E-state index in [0.29, 0.717) is 18.4 Å². The average molecular weight is 307 g/mol. The summed E-state index contributed by atoms with van der Waals surface area (Å²) in [5.74, 6) is 3.81. The lowest BCUT2D eigenvalue weighted by atomic mass is 10.2. The van der Waals surface area contributed by atoms with Crippen LogP contribution >= 0.6 is 11.8 Å². The van der Waals surface area contributed by atoms with Gasteiger partial charge in [-0.25, -0.2) is 0 Å². The van der Waals surface area contributed by atoms with Crippen molar-refractivity contribution < 1.29 is 9.63 Å². The SMILES string of the molecule is CC(C)CSCc1noc(-c2ccc(NCCO)cc2)n1. The molecule has 1 heterocycles. The summed E-state index contributed by atoms with van der Waals surface area (Å²) >= 11 is 1.82. The molecule has 0 saturated carbocycles. The van der Waals surface area contributed by atoms with Gasteiger partial charge in [0.25, 0.3) is 5.89 Å². The van der Waals surface area contributed by atoms with Crippen LogP contribution in [0.5, 0.6) is 0 Å². The number of nitrogens with one attached hydrogen (secondary N) is 1. The third-order valence-corrected chi connectivity index (χ3v) is 4.09. The summed E-state index contributed by atoms with van der Waals surface area (Å²) in [7, 11) is 0. The van der Waals surface area contributed by atoms with Crippen LogP contribution in [-0.4, -0.2) is 34.2 Å². The van der Waals surface area contributed by atoms with Gasteiger partial charge in [-0.3, -0.25) is 0 Å². The minimum atomic E-state index is 0.114. The van der Waals surface area contributed by atoms with E-state index in [2.05, 4.69) is 29.3 Å². The summed E-state index contributed by atoms with van der Waals surface area (Å²) in [6.45, 7) is 5.04. The van der Waals surface area contributed by atoms with Gasteiger partial charge in [0.05, 0.1) is 12.4 Å². The first-order valence-electron chi connectivity index (χ1n) is 7.04. The van der Waals surface area contributed by atoms with Crippen molar-refractivity contribution in [2.24, 2.45) is 5.92 Å². The molecule has 0 aliphatic heterocycles. The zero-order chi connectivity index (χ0) is 15.1. The smallest absolute Gasteiger partial charge is 0.257 e. The highest BCUT2D eigenvalue weighted by molar-refractivity contribution is 7.98. The molecule has 0 unspecified atom stereocenters. The highest BCUT2D eigenvalue weighted by Gasteiger charge is 2.09. The molecule has 0 fully saturated rings. The summed E-state index contributed by atoms with van der Waals surface area (Å²) in [6.07, 6.45) is 0. The van der Waals surface area contributed by atoms with Crippen LogP contribution < -0.4 is 5.32 Å². The molecule has 0 radical (unpaired) electrons. The molecule has 0 amide bonds. The van der Waals surface area contributed by atoms with Crippen LogP contribution in [0.4, 0.5) is 5.69 Å². The van der Waals surface area contributed by atoms with Gasteiger partial charge >= 0.3 is 0 Å². The first-order chi connectivity index (χ1) is 10.2. The normalized spacial score (nSPS) is 11.0. The number of benzene rings is 1. The van der Waals surface area contributed by atoms with E-state index in [1.807, 2.05) is 36.0 Å². The fourth-order valence-electron chi connectivity index (χ4n) is 1.75. The van der Waals surface area contributed by atoms with E-state index in [9.17, 15) is 0 Å². The molecule has 0 atom stereocenters. The van der Waals surface area contributed by atoms with Crippen molar-refractivity contribution in [2.45, 2.75) is 19.6 Å². The van der Waals surface area contributed by atoms with Crippen molar-refractivity contribution in [2.75, 3.05) is 24.2 Å². The number of nitrogens with zero attached hydrogens (tertiary/aromatic N) is 2. The molecule has 21 heavy (non-hydrogen) atoms. The first-order valence-corrected chi connectivity index (χ1v) is 8.20. The van der Waals surface area contributed by atoms with Crippen LogP contribution in [-0.2, 0) is 5.75 Å². The van der Waals surface area contributed by atoms with Crippen molar-refractivity contribution in [1.29, 1.82) is 0 Å². The van der Waals surface area contributed by atoms with Crippen molar-refractivity contribution in [3.63, 3.8) is 0 Å². The zero-order valence-electron chi connectivity index (χ0n) is 12.4. The number of aromatic nitrogens is 2. The van der Waals surface area contributed by atoms with Gasteiger partial charge in [0.15, 0.2) is 5.82 Å². The Bertz CT molecular complexity index is 540. The number of rotatable bonds is 8. The molecule has 6 heteroatoms. The van der Waals surface area contributed by atoms with Gasteiger partial charge in [-0.2, -0.15) is 16.7 Å². The summed E-state index contributed by atoms with van der Waals surface area (Å²) in [4.78, 5) is 4.41. The number of hydrogen-bond acceptors (Lipinski definition) is 6. The molecule has 0 saturated heterocycles. The number of thioether (sulfide) groups is 1. The van der Waals surface area contributed by atoms with Crippen molar-refractivity contribution in [3.8, 4) is 11.5 Å². The van der Waals surface area contributed by atoms with Crippen LogP contribution in [0.2, 0.25) is 0 Å². The number of aliphatic hydroxyl groups excluding tert-OH is 1. The highest BCUT2D eigenvalue weighted by atomic mass is 32.2. The molecule has 1 aromatic heterocycles. The van der Waals surface area contributed by atoms with E-state index in [4.69, 9.17) is 9.63 Å². The Morgan fingerprint density at radius 1 is 1.29 bits per heavy atom. The quantitative estimate of drug-likeness (QED) is 0.781. The second kappa shape index (κ2) is 8.05. The lowest BCUT2D eigenvalue weighted by Gasteiger charge is -2.03. The Kier molecular flexibility index (Phi) is 6.07. The van der Waals surface area contributed by atoms with Gasteiger partial charge in [0.1, 0.15) is 0 Å². The van der Waals surface area contributed by atoms with Gasteiger partial charge in [-0.05, 0) is 35.9 Å². The maximum absolute atomic E-state index is 8.77. The Labute approximate surface area is 129 Å². The molecule has 5 nitrogen and oxygen atoms in total. The Hall–Kier alpha value is -1.53. The second-order valence-corrected chi connectivity index (χ2v) is 6.18. The Morgan fingerprint density at radius 3 is 2.71 bits per heavy atom. The maximum atomic E-state index is 8.77. The Morgan fingerprint density at radius 2 is 2.05 bits per heavy atom. The summed E-state index contributed by atoms with van der Waals surface area (Å²) < 4.78 is 5.29. The molecular formula is C15H21N3O2S. The summed E-state index contributed by atoms with van der Waals surface area (Å²) in [5.41, 5.74) is 1.86. The van der Waals surface area contributed by atoms with Crippen LogP contribution in [0.1, 0.15) is 19.7 Å². The van der Waals surface area contributed by atoms with E-state index in [0.717, 1.165) is 28.6 Å². The molecule has 114 valence electrons. The minimum Gasteiger partial charge on any atom is -0.395 e. The van der Waals surface area contributed by atoms with Crippen LogP contribution in [0.3, 0.4) is 0 Å². The molecule has 0 bridgehead atoms. The summed E-state index contributed by atoms with van der Waals surface area (Å²) in [5, 5.41) is 15.9. The maximum Gasteiger partial charge on any atom is 0.257 e. The number of aliphatic hydroxyl groups is 1. The molecule has 2 N–H and O–H groups in total. The predicted octanol–water partition coefficient (Wildman–Crippen LogP) is 3.03. The largest absolute Gasteiger partial charge is 0.395 e. The zero-order valence-corrected chi connectivity index (χ0v) is 13.2. The van der Waals surface area contributed by atoms with Crippen LogP contribution in [0.25, 0.3) is 11.5 Å². The molecule has 1 aromatic carbocycles. The van der Waals surface area contributed by atoms with Crippen molar-refractivity contribution in [3.05, 3.63) is 30.1 Å². The van der Waals surface area contributed by atoms with Gasteiger partial charge in [0.2, 0.25) is 0 Å². The van der Waals surface area contributed by atoms with E-state index >= 15 is 0 Å². The lowest BCUT2D eigenvalue weighted by Crippen LogP contribution is -2.04. The van der Waals surface area contributed by atoms with Gasteiger partial charge in [-0.15, -0.1) is 0 Å². The van der Waals surface area contributed by atoms with Crippen LogP contribution in [0.15, 0.2) is 28.8 Å². The number of hydrogen-bond donors (Lipinski definition) is 2. The highest BCUT2D eigenvalue weighted by Crippen LogP contribution is 2.21. The molecule has 2 aromatic rings. The van der Waals surface area contributed by atoms with Gasteiger partial charge in [-0.1, -0.05) is 19.0 Å². The third-order valence-electron chi connectivity index (χ3n) is 2.72. The van der Waals surface area contributed by atoms with E-state index in [-0.39, 0.29) is 6.61 Å². The van der Waals surface area contributed by atoms with Crippen LogP contribution in [0, 0.1) is 5.92 Å². The second-order valence-electron chi connectivity index (χ2n) is 5.15. The standard InChI is InChI=1S/C15H21N3O2S/c1-11(2)9-21-10-14-17-15(20-18-14)12-3-5-13(6-4-12)16-7-8-19/h3-6,11,16,19H,7-10H2,1-2H3. The van der Waals surface area contributed by atoms with Gasteiger partial charge in [0, 0.05) is 17.8 Å². The summed E-state index contributed by atoms with van der Waals surface area (Å²) in [6, 6.07) is 7.72. The topological polar surface area (TPSA) is 71.2 Å². The van der Waals surface area contributed by atoms with Gasteiger partial charge < -0.3 is 14.9 Å². The molecule has 0 spiro atoms. The molecular weight excluding hydrogens is 286 g/mol. The average Bonchev–Trinajstić information content (AvgIpc) is 2.94. The predicted molar refractivity (Wildman–Crippen MR) is 86.3 cm³/mol. The van der Waals surface area contributed by atoms with E-state index in [1.54, 1.807) is 0 Å². The molecule has 0 aliphatic rings. The monoisotopic (exact) mass is 307 g/mol. The molecule has 2 rings (SSSR count). The Balaban J connectivity index is 1.94. The fraction of sp³-hybridized carbons (Fsp3) is 0.467. The van der Waals surface area contributed by atoms with E-state index < -0.39 is 0 Å². The fourth-order valence-corrected chi connectivity index (χ4v) is 2.64. The third kappa shape index (κ3) is 5.06. The minimum absolute atomic E-state index is 0.114. The molecule has 0 aliphatic carbocycles. The van der Waals surface area contributed by atoms with Crippen molar-refractivity contribution >= 4 is 17.4 Å². The van der Waals surface area contributed by atoms with Crippen molar-refractivity contribution in [1.82, 2.24) is 10.1 Å². The number of anilines is 1. The van der Waals surface area contributed by atoms with E-state index in [1.165, 1.54) is 0 Å². The lowest BCUT2D eigenvalue weighted by molar-refractivity contribution is 0.311.